The van der Waals surface area contributed by atoms with Crippen molar-refractivity contribution < 1.29 is 0 Å². The van der Waals surface area contributed by atoms with Crippen LogP contribution in [0.2, 0.25) is 0 Å². The van der Waals surface area contributed by atoms with E-state index in [-0.39, 0.29) is 0 Å². The van der Waals surface area contributed by atoms with Crippen molar-refractivity contribution in [2.75, 3.05) is 33.2 Å². The van der Waals surface area contributed by atoms with Gasteiger partial charge >= 0.3 is 0 Å². The van der Waals surface area contributed by atoms with Gasteiger partial charge in [0.1, 0.15) is 0 Å². The third kappa shape index (κ3) is 6.46. The normalized spacial score (nSPS) is 11.8. The second-order valence-corrected chi connectivity index (χ2v) is 6.50. The van der Waals surface area contributed by atoms with E-state index in [2.05, 4.69) is 76.6 Å². The van der Waals surface area contributed by atoms with Gasteiger partial charge in [0.05, 0.1) is 11.9 Å². The van der Waals surface area contributed by atoms with Gasteiger partial charge in [-0.25, -0.2) is 0 Å². The molecule has 0 bridgehead atoms. The maximum atomic E-state index is 4.02. The molecule has 1 aromatic carbocycles. The Labute approximate surface area is 156 Å². The lowest BCUT2D eigenvalue weighted by Gasteiger charge is -2.19. The van der Waals surface area contributed by atoms with E-state index in [4.69, 9.17) is 0 Å². The van der Waals surface area contributed by atoms with Crippen LogP contribution in [0, 0.1) is 13.8 Å². The molecule has 2 aromatic rings. The molecule has 1 heterocycles. The van der Waals surface area contributed by atoms with Crippen LogP contribution in [0.4, 0.5) is 0 Å². The van der Waals surface area contributed by atoms with Crippen LogP contribution in [0.3, 0.4) is 0 Å². The molecule has 0 spiro atoms. The molecule has 0 saturated carbocycles. The predicted molar refractivity (Wildman–Crippen MR) is 108 cm³/mol. The number of hydrogen-bond acceptors (Lipinski definition) is 5. The van der Waals surface area contributed by atoms with Crippen LogP contribution in [0.25, 0.3) is 5.70 Å². The van der Waals surface area contributed by atoms with Crippen LogP contribution < -0.4 is 10.6 Å². The minimum absolute atomic E-state index is 0.738. The van der Waals surface area contributed by atoms with Gasteiger partial charge < -0.3 is 15.5 Å². The predicted octanol–water partition coefficient (Wildman–Crippen LogP) is 2.26. The number of likely N-dealkylation sites (N-methyl/N-ethyl adjacent to an activating group) is 1. The minimum Gasteiger partial charge on any atom is -0.383 e. The van der Waals surface area contributed by atoms with Crippen LogP contribution in [-0.4, -0.2) is 53.5 Å². The number of rotatable bonds is 11. The average Bonchev–Trinajstić information content (AvgIpc) is 3.12. The van der Waals surface area contributed by atoms with Crippen LogP contribution >= 0.6 is 0 Å². The van der Waals surface area contributed by atoms with Gasteiger partial charge in [0, 0.05) is 44.0 Å². The van der Waals surface area contributed by atoms with Gasteiger partial charge in [0.2, 0.25) is 0 Å². The number of aromatic amines is 1. The highest BCUT2D eigenvalue weighted by molar-refractivity contribution is 5.68. The summed E-state index contributed by atoms with van der Waals surface area (Å²) in [6, 6.07) is 6.53. The van der Waals surface area contributed by atoms with E-state index in [1.165, 1.54) is 16.7 Å². The summed E-state index contributed by atoms with van der Waals surface area (Å²) in [4.78, 5) is 2.30. The largest absolute Gasteiger partial charge is 0.383 e. The quantitative estimate of drug-likeness (QED) is 0.427. The van der Waals surface area contributed by atoms with Gasteiger partial charge in [-0.05, 0) is 32.5 Å². The molecule has 0 unspecified atom stereocenters. The number of H-pyrrole nitrogens is 1. The van der Waals surface area contributed by atoms with E-state index in [0.717, 1.165) is 44.1 Å². The van der Waals surface area contributed by atoms with E-state index in [1.807, 2.05) is 12.2 Å². The molecule has 140 valence electrons. The van der Waals surface area contributed by atoms with Gasteiger partial charge in [-0.1, -0.05) is 36.4 Å². The van der Waals surface area contributed by atoms with Gasteiger partial charge in [-0.2, -0.15) is 15.4 Å². The lowest BCUT2D eigenvalue weighted by Crippen LogP contribution is -2.34. The first-order valence-corrected chi connectivity index (χ1v) is 8.98. The molecule has 6 nitrogen and oxygen atoms in total. The molecular formula is C20H30N6. The Kier molecular flexibility index (Phi) is 8.05. The highest BCUT2D eigenvalue weighted by atomic mass is 15.3. The Bertz CT molecular complexity index is 705. The molecule has 0 fully saturated rings. The van der Waals surface area contributed by atoms with Crippen molar-refractivity contribution in [3.63, 3.8) is 0 Å². The van der Waals surface area contributed by atoms with E-state index in [1.54, 1.807) is 6.20 Å². The molecule has 0 radical (unpaired) electrons. The number of hydrogen-bond donors (Lipinski definition) is 3. The number of nitrogens with one attached hydrogen (secondary N) is 3. The van der Waals surface area contributed by atoms with E-state index >= 15 is 0 Å². The zero-order chi connectivity index (χ0) is 18.8. The molecule has 2 rings (SSSR count). The third-order valence-electron chi connectivity index (χ3n) is 4.21. The number of benzene rings is 1. The van der Waals surface area contributed by atoms with Crippen LogP contribution in [0.1, 0.15) is 22.4 Å². The molecule has 26 heavy (non-hydrogen) atoms. The summed E-state index contributed by atoms with van der Waals surface area (Å²) in [7, 11) is 2.13. The average molecular weight is 355 g/mol. The van der Waals surface area contributed by atoms with Gasteiger partial charge in [-0.15, -0.1) is 0 Å². The highest BCUT2D eigenvalue weighted by Gasteiger charge is 2.05. The van der Waals surface area contributed by atoms with Crippen LogP contribution in [0.5, 0.6) is 0 Å². The van der Waals surface area contributed by atoms with Crippen molar-refractivity contribution in [3.8, 4) is 0 Å². The zero-order valence-electron chi connectivity index (χ0n) is 16.0. The summed E-state index contributed by atoms with van der Waals surface area (Å²) in [5, 5.41) is 17.4. The zero-order valence-corrected chi connectivity index (χ0v) is 16.0. The van der Waals surface area contributed by atoms with E-state index in [9.17, 15) is 0 Å². The SMILES string of the molecule is C=C/C=C(/NCCN(C)CCNCc1cn[nH]n1)c1ccc(C)cc1C. The molecule has 0 aliphatic rings. The monoisotopic (exact) mass is 354 g/mol. The summed E-state index contributed by atoms with van der Waals surface area (Å²) in [5.74, 6) is 0. The lowest BCUT2D eigenvalue weighted by molar-refractivity contribution is 0.334. The van der Waals surface area contributed by atoms with Crippen LogP contribution in [0.15, 0.2) is 43.1 Å². The van der Waals surface area contributed by atoms with Crippen molar-refractivity contribution in [3.05, 3.63) is 65.5 Å². The van der Waals surface area contributed by atoms with Gasteiger partial charge in [0.15, 0.2) is 0 Å². The summed E-state index contributed by atoms with van der Waals surface area (Å²) in [6.45, 7) is 12.6. The second kappa shape index (κ2) is 10.5. The Morgan fingerprint density at radius 3 is 2.77 bits per heavy atom. The molecule has 0 aliphatic carbocycles. The fourth-order valence-electron chi connectivity index (χ4n) is 2.77. The van der Waals surface area contributed by atoms with E-state index in [0.29, 0.717) is 0 Å². The van der Waals surface area contributed by atoms with E-state index < -0.39 is 0 Å². The first kappa shape index (κ1) is 19.9. The summed E-state index contributed by atoms with van der Waals surface area (Å²) < 4.78 is 0. The highest BCUT2D eigenvalue weighted by Crippen LogP contribution is 2.18. The molecule has 6 heteroatoms. The smallest absolute Gasteiger partial charge is 0.0962 e. The van der Waals surface area contributed by atoms with Gasteiger partial charge in [0.25, 0.3) is 0 Å². The standard InChI is InChI=1S/C20H30N6/c1-5-6-20(19-8-7-16(2)13-17(19)3)22-10-12-26(4)11-9-21-14-18-15-23-25-24-18/h5-8,13,15,21-22H,1,9-12,14H2,2-4H3,(H,23,24,25)/b20-6+. The summed E-state index contributed by atoms with van der Waals surface area (Å²) in [6.07, 6.45) is 5.61. The Morgan fingerprint density at radius 2 is 2.08 bits per heavy atom. The van der Waals surface area contributed by atoms with Crippen molar-refractivity contribution in [2.24, 2.45) is 0 Å². The maximum Gasteiger partial charge on any atom is 0.0962 e. The number of aromatic nitrogens is 3. The van der Waals surface area contributed by atoms with Gasteiger partial charge in [-0.3, -0.25) is 0 Å². The van der Waals surface area contributed by atoms with Crippen molar-refractivity contribution >= 4 is 5.70 Å². The first-order chi connectivity index (χ1) is 12.6. The fourth-order valence-corrected chi connectivity index (χ4v) is 2.77. The number of nitrogens with zero attached hydrogens (tertiary/aromatic N) is 3. The topological polar surface area (TPSA) is 68.9 Å². The number of aryl methyl sites for hydroxylation is 2. The molecule has 1 aromatic heterocycles. The molecular weight excluding hydrogens is 324 g/mol. The van der Waals surface area contributed by atoms with Crippen molar-refractivity contribution in [1.82, 2.24) is 30.9 Å². The lowest BCUT2D eigenvalue weighted by atomic mass is 10.0. The fraction of sp³-hybridized carbons (Fsp3) is 0.400. The van der Waals surface area contributed by atoms with Crippen LogP contribution in [-0.2, 0) is 6.54 Å². The molecule has 0 aliphatic heterocycles. The molecule has 0 amide bonds. The van der Waals surface area contributed by atoms with Crippen molar-refractivity contribution in [2.45, 2.75) is 20.4 Å². The third-order valence-corrected chi connectivity index (χ3v) is 4.21. The maximum absolute atomic E-state index is 4.02. The first-order valence-electron chi connectivity index (χ1n) is 8.98. The summed E-state index contributed by atoms with van der Waals surface area (Å²) in [5.41, 5.74) is 5.84. The minimum atomic E-state index is 0.738. The number of allylic oxidation sites excluding steroid dienone is 2. The molecule has 0 atom stereocenters. The summed E-state index contributed by atoms with van der Waals surface area (Å²) >= 11 is 0. The Morgan fingerprint density at radius 1 is 1.27 bits per heavy atom. The second-order valence-electron chi connectivity index (χ2n) is 6.50. The Hall–Kier alpha value is -2.44. The molecule has 3 N–H and O–H groups in total. The molecule has 0 saturated heterocycles. The van der Waals surface area contributed by atoms with Crippen molar-refractivity contribution in [1.29, 1.82) is 0 Å². The Balaban J connectivity index is 1.73.